The van der Waals surface area contributed by atoms with Crippen LogP contribution in [-0.2, 0) is 7.05 Å². The van der Waals surface area contributed by atoms with E-state index in [4.69, 9.17) is 0 Å². The van der Waals surface area contributed by atoms with E-state index < -0.39 is 0 Å². The minimum atomic E-state index is -0.188. The molecule has 0 saturated carbocycles. The Morgan fingerprint density at radius 3 is 2.76 bits per heavy atom. The maximum Gasteiger partial charge on any atom is 0.275 e. The van der Waals surface area contributed by atoms with E-state index in [1.807, 2.05) is 50.4 Å². The van der Waals surface area contributed by atoms with Crippen molar-refractivity contribution in [3.05, 3.63) is 71.2 Å². The van der Waals surface area contributed by atoms with Crippen molar-refractivity contribution in [3.8, 4) is 10.7 Å². The molecule has 0 unspecified atom stereocenters. The molecule has 5 heteroatoms. The van der Waals surface area contributed by atoms with Crippen molar-refractivity contribution in [2.24, 2.45) is 7.05 Å². The highest BCUT2D eigenvalue weighted by atomic mass is 32.1. The van der Waals surface area contributed by atoms with Crippen molar-refractivity contribution in [2.45, 2.75) is 6.92 Å². The molecule has 2 aromatic carbocycles. The fourth-order valence-corrected chi connectivity index (χ4v) is 3.76. The molecule has 0 bridgehead atoms. The molecule has 25 heavy (non-hydrogen) atoms. The monoisotopic (exact) mass is 347 g/mol. The Hall–Kier alpha value is -2.92. The van der Waals surface area contributed by atoms with Crippen LogP contribution in [0.15, 0.2) is 60.0 Å². The van der Waals surface area contributed by atoms with Gasteiger partial charge in [0, 0.05) is 29.0 Å². The maximum absolute atomic E-state index is 12.5. The molecule has 0 radical (unpaired) electrons. The standard InChI is InChI=1S/C20H17N3OS/c1-13-6-5-8-15(10-13)21-19(24)16-12-25-20(22-16)18-11-14-7-3-4-9-17(14)23(18)2/h3-12H,1-2H3,(H,21,24). The molecular weight excluding hydrogens is 330 g/mol. The molecule has 2 heterocycles. The van der Waals surface area contributed by atoms with E-state index in [0.717, 1.165) is 27.5 Å². The van der Waals surface area contributed by atoms with Crippen LogP contribution in [0.4, 0.5) is 5.69 Å². The lowest BCUT2D eigenvalue weighted by Crippen LogP contribution is -2.12. The van der Waals surface area contributed by atoms with Gasteiger partial charge >= 0.3 is 0 Å². The van der Waals surface area contributed by atoms with Crippen LogP contribution in [0.3, 0.4) is 0 Å². The highest BCUT2D eigenvalue weighted by Crippen LogP contribution is 2.29. The summed E-state index contributed by atoms with van der Waals surface area (Å²) in [7, 11) is 2.02. The predicted octanol–water partition coefficient (Wildman–Crippen LogP) is 4.86. The number of hydrogen-bond donors (Lipinski definition) is 1. The highest BCUT2D eigenvalue weighted by molar-refractivity contribution is 7.13. The van der Waals surface area contributed by atoms with Gasteiger partial charge in [-0.15, -0.1) is 11.3 Å². The first-order valence-corrected chi connectivity index (χ1v) is 8.88. The van der Waals surface area contributed by atoms with Crippen LogP contribution in [0, 0.1) is 6.92 Å². The zero-order valence-corrected chi connectivity index (χ0v) is 14.8. The van der Waals surface area contributed by atoms with E-state index in [9.17, 15) is 4.79 Å². The van der Waals surface area contributed by atoms with Gasteiger partial charge in [-0.25, -0.2) is 4.98 Å². The maximum atomic E-state index is 12.5. The summed E-state index contributed by atoms with van der Waals surface area (Å²) in [6, 6.07) is 18.1. The Morgan fingerprint density at radius 1 is 1.12 bits per heavy atom. The van der Waals surface area contributed by atoms with E-state index in [-0.39, 0.29) is 5.91 Å². The molecule has 1 amide bonds. The van der Waals surface area contributed by atoms with Crippen molar-refractivity contribution >= 4 is 33.8 Å². The van der Waals surface area contributed by atoms with Crippen LogP contribution in [0.2, 0.25) is 0 Å². The molecule has 2 aromatic heterocycles. The quantitative estimate of drug-likeness (QED) is 0.575. The molecule has 124 valence electrons. The zero-order valence-electron chi connectivity index (χ0n) is 14.0. The number of thiazole rings is 1. The lowest BCUT2D eigenvalue weighted by Gasteiger charge is -2.04. The van der Waals surface area contributed by atoms with Gasteiger partial charge in [0.1, 0.15) is 10.7 Å². The third-order valence-corrected chi connectivity index (χ3v) is 5.05. The second kappa shape index (κ2) is 6.18. The number of nitrogens with zero attached hydrogens (tertiary/aromatic N) is 2. The third kappa shape index (κ3) is 2.94. The number of para-hydroxylation sites is 1. The zero-order chi connectivity index (χ0) is 17.4. The Balaban J connectivity index is 1.63. The molecule has 1 N–H and O–H groups in total. The minimum absolute atomic E-state index is 0.188. The average Bonchev–Trinajstić information content (AvgIpc) is 3.20. The summed E-state index contributed by atoms with van der Waals surface area (Å²) in [5.74, 6) is -0.188. The van der Waals surface area contributed by atoms with Crippen LogP contribution in [0.25, 0.3) is 21.6 Å². The number of carbonyl (C=O) groups is 1. The van der Waals surface area contributed by atoms with Crippen molar-refractivity contribution in [2.75, 3.05) is 5.32 Å². The summed E-state index contributed by atoms with van der Waals surface area (Å²) in [5, 5.41) is 6.72. The molecule has 0 atom stereocenters. The average molecular weight is 347 g/mol. The summed E-state index contributed by atoms with van der Waals surface area (Å²) < 4.78 is 2.11. The second-order valence-electron chi connectivity index (χ2n) is 6.01. The van der Waals surface area contributed by atoms with Crippen molar-refractivity contribution in [3.63, 3.8) is 0 Å². The van der Waals surface area contributed by atoms with E-state index in [2.05, 4.69) is 33.1 Å². The van der Waals surface area contributed by atoms with Gasteiger partial charge in [-0.3, -0.25) is 4.79 Å². The van der Waals surface area contributed by atoms with Crippen LogP contribution in [0.1, 0.15) is 16.1 Å². The van der Waals surface area contributed by atoms with Crippen LogP contribution in [-0.4, -0.2) is 15.5 Å². The van der Waals surface area contributed by atoms with Crippen molar-refractivity contribution in [1.29, 1.82) is 0 Å². The molecule has 0 aliphatic rings. The molecular formula is C20H17N3OS. The highest BCUT2D eigenvalue weighted by Gasteiger charge is 2.15. The lowest BCUT2D eigenvalue weighted by atomic mass is 10.2. The molecule has 4 rings (SSSR count). The number of fused-ring (bicyclic) bond motifs is 1. The Kier molecular flexibility index (Phi) is 3.86. The summed E-state index contributed by atoms with van der Waals surface area (Å²) in [5.41, 5.74) is 4.49. The molecule has 4 nitrogen and oxygen atoms in total. The van der Waals surface area contributed by atoms with E-state index in [1.165, 1.54) is 16.7 Å². The van der Waals surface area contributed by atoms with E-state index in [0.29, 0.717) is 5.69 Å². The SMILES string of the molecule is Cc1cccc(NC(=O)c2csc(-c3cc4ccccc4n3C)n2)c1. The fraction of sp³-hybridized carbons (Fsp3) is 0.100. The largest absolute Gasteiger partial charge is 0.342 e. The first-order chi connectivity index (χ1) is 12.1. The molecule has 0 aliphatic heterocycles. The van der Waals surface area contributed by atoms with E-state index >= 15 is 0 Å². The Morgan fingerprint density at radius 2 is 1.96 bits per heavy atom. The second-order valence-corrected chi connectivity index (χ2v) is 6.87. The van der Waals surface area contributed by atoms with Crippen LogP contribution < -0.4 is 5.32 Å². The summed E-state index contributed by atoms with van der Waals surface area (Å²) in [4.78, 5) is 17.0. The number of hydrogen-bond acceptors (Lipinski definition) is 3. The van der Waals surface area contributed by atoms with Gasteiger partial charge in [0.05, 0.1) is 5.69 Å². The lowest BCUT2D eigenvalue weighted by molar-refractivity contribution is 0.102. The number of carbonyl (C=O) groups excluding carboxylic acids is 1. The number of amides is 1. The van der Waals surface area contributed by atoms with Gasteiger partial charge in [0.2, 0.25) is 0 Å². The van der Waals surface area contributed by atoms with Gasteiger partial charge in [0.15, 0.2) is 0 Å². The fourth-order valence-electron chi connectivity index (χ4n) is 2.91. The smallest absolute Gasteiger partial charge is 0.275 e. The first-order valence-electron chi connectivity index (χ1n) is 8.00. The van der Waals surface area contributed by atoms with Gasteiger partial charge < -0.3 is 9.88 Å². The van der Waals surface area contributed by atoms with Crippen LogP contribution in [0.5, 0.6) is 0 Å². The summed E-state index contributed by atoms with van der Waals surface area (Å²) in [6.07, 6.45) is 0. The van der Waals surface area contributed by atoms with Gasteiger partial charge in [-0.1, -0.05) is 30.3 Å². The predicted molar refractivity (Wildman–Crippen MR) is 103 cm³/mol. The number of benzene rings is 2. The van der Waals surface area contributed by atoms with Crippen molar-refractivity contribution in [1.82, 2.24) is 9.55 Å². The summed E-state index contributed by atoms with van der Waals surface area (Å²) >= 11 is 1.48. The van der Waals surface area contributed by atoms with E-state index in [1.54, 1.807) is 5.38 Å². The molecule has 0 spiro atoms. The Labute approximate surface area is 149 Å². The summed E-state index contributed by atoms with van der Waals surface area (Å²) in [6.45, 7) is 2.00. The van der Waals surface area contributed by atoms with Gasteiger partial charge in [0.25, 0.3) is 5.91 Å². The molecule has 4 aromatic rings. The number of nitrogens with one attached hydrogen (secondary N) is 1. The topological polar surface area (TPSA) is 46.9 Å². The number of aryl methyl sites for hydroxylation is 2. The number of aromatic nitrogens is 2. The normalized spacial score (nSPS) is 11.0. The van der Waals surface area contributed by atoms with Crippen molar-refractivity contribution < 1.29 is 4.79 Å². The minimum Gasteiger partial charge on any atom is -0.342 e. The molecule has 0 saturated heterocycles. The Bertz CT molecular complexity index is 1080. The molecule has 0 fully saturated rings. The van der Waals surface area contributed by atoms with Gasteiger partial charge in [-0.05, 0) is 36.8 Å². The first kappa shape index (κ1) is 15.6. The third-order valence-electron chi connectivity index (χ3n) is 4.18. The van der Waals surface area contributed by atoms with Gasteiger partial charge in [-0.2, -0.15) is 0 Å². The number of rotatable bonds is 3. The van der Waals surface area contributed by atoms with Crippen LogP contribution >= 0.6 is 11.3 Å². The number of anilines is 1. The molecule has 0 aliphatic carbocycles.